The van der Waals surface area contributed by atoms with Gasteiger partial charge in [-0.2, -0.15) is 13.2 Å². The van der Waals surface area contributed by atoms with Crippen molar-refractivity contribution in [3.8, 4) is 0 Å². The van der Waals surface area contributed by atoms with Gasteiger partial charge in [-0.15, -0.1) is 0 Å². The van der Waals surface area contributed by atoms with Gasteiger partial charge in [-0.05, 0) is 25.5 Å². The first-order chi connectivity index (χ1) is 6.27. The van der Waals surface area contributed by atoms with Crippen molar-refractivity contribution in [2.75, 3.05) is 0 Å². The zero-order chi connectivity index (χ0) is 11.0. The van der Waals surface area contributed by atoms with Crippen LogP contribution in [0.1, 0.15) is 18.1 Å². The smallest absolute Gasteiger partial charge is 0.376 e. The fourth-order valence-electron chi connectivity index (χ4n) is 1.13. The van der Waals surface area contributed by atoms with E-state index in [0.29, 0.717) is 5.56 Å². The van der Waals surface area contributed by atoms with Crippen LogP contribution in [0.4, 0.5) is 13.2 Å². The maximum atomic E-state index is 12.4. The van der Waals surface area contributed by atoms with Crippen molar-refractivity contribution >= 4 is 0 Å². The number of aryl methyl sites for hydroxylation is 1. The molecule has 1 aromatic heterocycles. The maximum Gasteiger partial charge on any atom is 0.421 e. The lowest BCUT2D eigenvalue weighted by atomic mass is 9.93. The van der Waals surface area contributed by atoms with Crippen molar-refractivity contribution in [3.63, 3.8) is 0 Å². The molecule has 0 aliphatic carbocycles. The summed E-state index contributed by atoms with van der Waals surface area (Å²) in [5.74, 6) is 0. The molecule has 0 unspecified atom stereocenters. The van der Waals surface area contributed by atoms with Crippen LogP contribution in [0.25, 0.3) is 0 Å². The molecule has 0 amide bonds. The second kappa shape index (κ2) is 3.24. The first kappa shape index (κ1) is 11.0. The molecule has 0 aromatic carbocycles. The van der Waals surface area contributed by atoms with E-state index >= 15 is 0 Å². The van der Waals surface area contributed by atoms with Crippen molar-refractivity contribution < 1.29 is 18.3 Å². The van der Waals surface area contributed by atoms with E-state index in [2.05, 4.69) is 4.98 Å². The number of alkyl halides is 3. The molecule has 14 heavy (non-hydrogen) atoms. The van der Waals surface area contributed by atoms with E-state index in [-0.39, 0.29) is 5.56 Å². The molecule has 1 N–H and O–H groups in total. The zero-order valence-corrected chi connectivity index (χ0v) is 7.76. The lowest BCUT2D eigenvalue weighted by Crippen LogP contribution is -2.39. The number of rotatable bonds is 1. The van der Waals surface area contributed by atoms with Gasteiger partial charge in [-0.25, -0.2) is 0 Å². The molecule has 0 saturated heterocycles. The van der Waals surface area contributed by atoms with Crippen LogP contribution < -0.4 is 0 Å². The van der Waals surface area contributed by atoms with Crippen LogP contribution in [-0.4, -0.2) is 16.3 Å². The van der Waals surface area contributed by atoms with Crippen molar-refractivity contribution in [1.29, 1.82) is 0 Å². The van der Waals surface area contributed by atoms with Crippen LogP contribution in [0, 0.1) is 6.92 Å². The molecular formula is C9H10F3NO. The number of aromatic nitrogens is 1. The van der Waals surface area contributed by atoms with Crippen LogP contribution in [0.2, 0.25) is 0 Å². The molecule has 0 aliphatic rings. The van der Waals surface area contributed by atoms with Gasteiger partial charge in [-0.1, -0.05) is 0 Å². The Hall–Kier alpha value is -1.10. The van der Waals surface area contributed by atoms with E-state index in [1.807, 2.05) is 0 Å². The van der Waals surface area contributed by atoms with Gasteiger partial charge in [0, 0.05) is 18.0 Å². The minimum Gasteiger partial charge on any atom is -0.376 e. The van der Waals surface area contributed by atoms with Gasteiger partial charge >= 0.3 is 6.18 Å². The van der Waals surface area contributed by atoms with E-state index in [9.17, 15) is 18.3 Å². The highest BCUT2D eigenvalue weighted by molar-refractivity contribution is 5.28. The quantitative estimate of drug-likeness (QED) is 0.762. The summed E-state index contributed by atoms with van der Waals surface area (Å²) in [6, 6.07) is 1.43. The minimum atomic E-state index is -4.69. The summed E-state index contributed by atoms with van der Waals surface area (Å²) in [7, 11) is 0. The summed E-state index contributed by atoms with van der Waals surface area (Å²) in [5.41, 5.74) is -2.69. The number of aliphatic hydroxyl groups is 1. The molecule has 0 aliphatic heterocycles. The fourth-order valence-corrected chi connectivity index (χ4v) is 1.13. The Morgan fingerprint density at radius 2 is 1.93 bits per heavy atom. The average Bonchev–Trinajstić information content (AvgIpc) is 2.02. The summed E-state index contributed by atoms with van der Waals surface area (Å²) < 4.78 is 37.3. The number of pyridine rings is 1. The molecule has 78 valence electrons. The third-order valence-corrected chi connectivity index (χ3v) is 2.12. The van der Waals surface area contributed by atoms with Crippen molar-refractivity contribution in [2.24, 2.45) is 0 Å². The Labute approximate surface area is 79.4 Å². The largest absolute Gasteiger partial charge is 0.421 e. The van der Waals surface area contributed by atoms with Gasteiger partial charge in [0.15, 0.2) is 5.60 Å². The van der Waals surface area contributed by atoms with Gasteiger partial charge in [0.2, 0.25) is 0 Å². The summed E-state index contributed by atoms with van der Waals surface area (Å²) in [6.45, 7) is 2.22. The summed E-state index contributed by atoms with van der Waals surface area (Å²) in [6.07, 6.45) is -2.28. The van der Waals surface area contributed by atoms with Crippen LogP contribution in [0.5, 0.6) is 0 Å². The third kappa shape index (κ3) is 1.72. The Morgan fingerprint density at radius 3 is 2.36 bits per heavy atom. The van der Waals surface area contributed by atoms with E-state index in [4.69, 9.17) is 0 Å². The van der Waals surface area contributed by atoms with Crippen LogP contribution in [0.3, 0.4) is 0 Å². The first-order valence-electron chi connectivity index (χ1n) is 3.97. The van der Waals surface area contributed by atoms with Gasteiger partial charge < -0.3 is 5.11 Å². The van der Waals surface area contributed by atoms with Crippen molar-refractivity contribution in [2.45, 2.75) is 25.6 Å². The monoisotopic (exact) mass is 205 g/mol. The molecule has 1 rings (SSSR count). The van der Waals surface area contributed by atoms with Crippen molar-refractivity contribution in [1.82, 2.24) is 4.98 Å². The maximum absolute atomic E-state index is 12.4. The van der Waals surface area contributed by atoms with Crippen LogP contribution >= 0.6 is 0 Å². The lowest BCUT2D eigenvalue weighted by molar-refractivity contribution is -0.259. The molecule has 0 bridgehead atoms. The number of nitrogens with zero attached hydrogens (tertiary/aromatic N) is 1. The number of halogens is 3. The molecule has 1 atom stereocenters. The second-order valence-electron chi connectivity index (χ2n) is 3.26. The Morgan fingerprint density at radius 1 is 1.36 bits per heavy atom. The highest BCUT2D eigenvalue weighted by atomic mass is 19.4. The molecule has 0 saturated carbocycles. The normalized spacial score (nSPS) is 16.4. The molecule has 0 radical (unpaired) electrons. The SMILES string of the molecule is Cc1ccncc1[C@@](C)(O)C(F)(F)F. The molecule has 5 heteroatoms. The average molecular weight is 205 g/mol. The summed E-state index contributed by atoms with van der Waals surface area (Å²) in [5, 5.41) is 9.34. The van der Waals surface area contributed by atoms with Gasteiger partial charge in [0.05, 0.1) is 0 Å². The zero-order valence-electron chi connectivity index (χ0n) is 7.76. The Kier molecular flexibility index (Phi) is 2.54. The predicted octanol–water partition coefficient (Wildman–Crippen LogP) is 2.16. The Balaban J connectivity index is 3.23. The molecular weight excluding hydrogens is 195 g/mol. The number of hydrogen-bond acceptors (Lipinski definition) is 2. The standard InChI is InChI=1S/C9H10F3NO/c1-6-3-4-13-5-7(6)8(2,14)9(10,11)12/h3-5,14H,1-2H3/t8-/m1/s1. The van der Waals surface area contributed by atoms with Crippen LogP contribution in [0.15, 0.2) is 18.5 Å². The number of hydrogen-bond donors (Lipinski definition) is 1. The fraction of sp³-hybridized carbons (Fsp3) is 0.444. The third-order valence-electron chi connectivity index (χ3n) is 2.12. The Bertz CT molecular complexity index is 333. The molecule has 0 fully saturated rings. The topological polar surface area (TPSA) is 33.1 Å². The van der Waals surface area contributed by atoms with Gasteiger partial charge in [0.1, 0.15) is 0 Å². The molecule has 2 nitrogen and oxygen atoms in total. The summed E-state index contributed by atoms with van der Waals surface area (Å²) in [4.78, 5) is 3.57. The molecule has 0 spiro atoms. The lowest BCUT2D eigenvalue weighted by Gasteiger charge is -2.27. The van der Waals surface area contributed by atoms with Gasteiger partial charge in [0.25, 0.3) is 0 Å². The second-order valence-corrected chi connectivity index (χ2v) is 3.26. The highest BCUT2D eigenvalue weighted by Gasteiger charge is 2.51. The van der Waals surface area contributed by atoms with Crippen molar-refractivity contribution in [3.05, 3.63) is 29.6 Å². The molecule has 1 heterocycles. The van der Waals surface area contributed by atoms with E-state index in [0.717, 1.165) is 13.1 Å². The first-order valence-corrected chi connectivity index (χ1v) is 3.97. The van der Waals surface area contributed by atoms with E-state index in [1.165, 1.54) is 19.2 Å². The highest BCUT2D eigenvalue weighted by Crippen LogP contribution is 2.39. The molecule has 1 aromatic rings. The minimum absolute atomic E-state index is 0.215. The summed E-state index contributed by atoms with van der Waals surface area (Å²) >= 11 is 0. The van der Waals surface area contributed by atoms with E-state index < -0.39 is 11.8 Å². The predicted molar refractivity (Wildman–Crippen MR) is 44.6 cm³/mol. The van der Waals surface area contributed by atoms with Crippen LogP contribution in [-0.2, 0) is 5.60 Å². The van der Waals surface area contributed by atoms with E-state index in [1.54, 1.807) is 0 Å². The van der Waals surface area contributed by atoms with Gasteiger partial charge in [-0.3, -0.25) is 4.98 Å².